The summed E-state index contributed by atoms with van der Waals surface area (Å²) >= 11 is 3.00. The first kappa shape index (κ1) is 15.4. The van der Waals surface area contributed by atoms with Gasteiger partial charge >= 0.3 is 5.97 Å². The SMILES string of the molecule is O=C(O)c1ccc(S(=O)(=O)Nc2cccc(F)n2)c(Br)c1. The molecular formula is C12H8BrFN2O4S. The molecule has 0 radical (unpaired) electrons. The number of nitrogens with one attached hydrogen (secondary N) is 1. The number of carbonyl (C=O) groups is 1. The Hall–Kier alpha value is -2.00. The van der Waals surface area contributed by atoms with Crippen molar-refractivity contribution in [1.82, 2.24) is 4.98 Å². The topological polar surface area (TPSA) is 96.4 Å². The van der Waals surface area contributed by atoms with E-state index in [4.69, 9.17) is 5.11 Å². The van der Waals surface area contributed by atoms with Crippen molar-refractivity contribution in [2.75, 3.05) is 4.72 Å². The fourth-order valence-electron chi connectivity index (χ4n) is 1.51. The van der Waals surface area contributed by atoms with Crippen LogP contribution in [0, 0.1) is 5.95 Å². The summed E-state index contributed by atoms with van der Waals surface area (Å²) < 4.78 is 39.5. The molecule has 9 heteroatoms. The van der Waals surface area contributed by atoms with Crippen molar-refractivity contribution >= 4 is 37.7 Å². The normalized spacial score (nSPS) is 11.1. The molecule has 1 heterocycles. The second kappa shape index (κ2) is 5.78. The van der Waals surface area contributed by atoms with Crippen LogP contribution < -0.4 is 4.72 Å². The zero-order valence-electron chi connectivity index (χ0n) is 10.2. The van der Waals surface area contributed by atoms with E-state index in [1.807, 2.05) is 0 Å². The lowest BCUT2D eigenvalue weighted by atomic mass is 10.2. The number of aromatic nitrogens is 1. The number of rotatable bonds is 4. The number of halogens is 2. The van der Waals surface area contributed by atoms with E-state index in [9.17, 15) is 17.6 Å². The Bertz CT molecular complexity index is 811. The number of hydrogen-bond acceptors (Lipinski definition) is 4. The predicted octanol–water partition coefficient (Wildman–Crippen LogP) is 2.48. The van der Waals surface area contributed by atoms with Crippen molar-refractivity contribution in [2.45, 2.75) is 4.90 Å². The lowest BCUT2D eigenvalue weighted by molar-refractivity contribution is 0.0696. The van der Waals surface area contributed by atoms with Crippen LogP contribution in [0.2, 0.25) is 0 Å². The molecule has 21 heavy (non-hydrogen) atoms. The maximum atomic E-state index is 12.9. The minimum absolute atomic E-state index is 0.0651. The molecule has 1 aromatic carbocycles. The number of aromatic carboxylic acids is 1. The minimum atomic E-state index is -4.02. The van der Waals surface area contributed by atoms with Gasteiger partial charge in [-0.15, -0.1) is 0 Å². The third kappa shape index (κ3) is 3.56. The van der Waals surface area contributed by atoms with E-state index in [2.05, 4.69) is 25.6 Å². The molecule has 0 aliphatic rings. The van der Waals surface area contributed by atoms with Gasteiger partial charge in [0, 0.05) is 4.47 Å². The van der Waals surface area contributed by atoms with Crippen LogP contribution in [0.5, 0.6) is 0 Å². The Morgan fingerprint density at radius 3 is 2.57 bits per heavy atom. The summed E-state index contributed by atoms with van der Waals surface area (Å²) in [4.78, 5) is 14.0. The zero-order valence-corrected chi connectivity index (χ0v) is 12.6. The van der Waals surface area contributed by atoms with Crippen molar-refractivity contribution < 1.29 is 22.7 Å². The molecule has 0 aliphatic carbocycles. The van der Waals surface area contributed by atoms with Gasteiger partial charge in [-0.25, -0.2) is 18.2 Å². The Kier molecular flexibility index (Phi) is 4.24. The molecule has 0 aliphatic heterocycles. The van der Waals surface area contributed by atoms with Crippen LogP contribution in [0.1, 0.15) is 10.4 Å². The van der Waals surface area contributed by atoms with Crippen molar-refractivity contribution in [3.05, 3.63) is 52.4 Å². The highest BCUT2D eigenvalue weighted by atomic mass is 79.9. The summed E-state index contributed by atoms with van der Waals surface area (Å²) in [6.07, 6.45) is 0. The number of benzene rings is 1. The lowest BCUT2D eigenvalue weighted by Gasteiger charge is -2.09. The van der Waals surface area contributed by atoms with Gasteiger partial charge in [-0.1, -0.05) is 6.07 Å². The van der Waals surface area contributed by atoms with Gasteiger partial charge in [0.2, 0.25) is 5.95 Å². The number of carboxylic acid groups (broad SMARTS) is 1. The summed E-state index contributed by atoms with van der Waals surface area (Å²) in [6, 6.07) is 7.13. The van der Waals surface area contributed by atoms with Crippen LogP contribution in [0.15, 0.2) is 45.8 Å². The van der Waals surface area contributed by atoms with Crippen LogP contribution in [0.3, 0.4) is 0 Å². The summed E-state index contributed by atoms with van der Waals surface area (Å²) in [6.45, 7) is 0. The average molecular weight is 375 g/mol. The maximum absolute atomic E-state index is 12.9. The van der Waals surface area contributed by atoms with Crippen molar-refractivity contribution in [2.24, 2.45) is 0 Å². The fraction of sp³-hybridized carbons (Fsp3) is 0. The molecule has 6 nitrogen and oxygen atoms in total. The number of sulfonamides is 1. The van der Waals surface area contributed by atoms with Gasteiger partial charge in [-0.3, -0.25) is 4.72 Å². The van der Waals surface area contributed by atoms with Gasteiger partial charge in [-0.05, 0) is 46.3 Å². The smallest absolute Gasteiger partial charge is 0.335 e. The van der Waals surface area contributed by atoms with Crippen LogP contribution in [-0.4, -0.2) is 24.5 Å². The van der Waals surface area contributed by atoms with E-state index in [1.165, 1.54) is 12.1 Å². The van der Waals surface area contributed by atoms with E-state index < -0.39 is 21.9 Å². The summed E-state index contributed by atoms with van der Waals surface area (Å²) in [5.74, 6) is -2.18. The fourth-order valence-corrected chi connectivity index (χ4v) is 3.59. The lowest BCUT2D eigenvalue weighted by Crippen LogP contribution is -2.15. The number of hydrogen-bond donors (Lipinski definition) is 2. The Morgan fingerprint density at radius 2 is 2.00 bits per heavy atom. The van der Waals surface area contributed by atoms with Crippen LogP contribution in [-0.2, 0) is 10.0 Å². The molecule has 0 spiro atoms. The van der Waals surface area contributed by atoms with Crippen molar-refractivity contribution in [3.8, 4) is 0 Å². The number of anilines is 1. The van der Waals surface area contributed by atoms with Gasteiger partial charge in [0.15, 0.2) is 0 Å². The third-order valence-corrected chi connectivity index (χ3v) is 4.75. The van der Waals surface area contributed by atoms with Gasteiger partial charge in [-0.2, -0.15) is 4.39 Å². The Morgan fingerprint density at radius 1 is 1.29 bits per heavy atom. The summed E-state index contributed by atoms with van der Waals surface area (Å²) in [5.41, 5.74) is -0.0651. The zero-order chi connectivity index (χ0) is 15.6. The van der Waals surface area contributed by atoms with Crippen molar-refractivity contribution in [1.29, 1.82) is 0 Å². The molecule has 0 saturated carbocycles. The first-order chi connectivity index (χ1) is 9.79. The highest BCUT2D eigenvalue weighted by Crippen LogP contribution is 2.25. The van der Waals surface area contributed by atoms with Crippen LogP contribution >= 0.6 is 15.9 Å². The quantitative estimate of drug-likeness (QED) is 0.801. The number of pyridine rings is 1. The molecule has 2 N–H and O–H groups in total. The molecule has 0 unspecified atom stereocenters. The Balaban J connectivity index is 2.38. The average Bonchev–Trinajstić information content (AvgIpc) is 2.37. The molecule has 0 saturated heterocycles. The van der Waals surface area contributed by atoms with Crippen LogP contribution in [0.25, 0.3) is 0 Å². The maximum Gasteiger partial charge on any atom is 0.335 e. The molecule has 0 bridgehead atoms. The molecule has 0 atom stereocenters. The molecule has 1 aromatic heterocycles. The molecule has 0 fully saturated rings. The summed E-state index contributed by atoms with van der Waals surface area (Å²) in [5, 5.41) is 8.83. The molecule has 110 valence electrons. The van der Waals surface area contributed by atoms with E-state index in [1.54, 1.807) is 0 Å². The molecule has 0 amide bonds. The largest absolute Gasteiger partial charge is 0.478 e. The molecule has 2 aromatic rings. The first-order valence-electron chi connectivity index (χ1n) is 5.48. The van der Waals surface area contributed by atoms with Gasteiger partial charge in [0.25, 0.3) is 10.0 Å². The minimum Gasteiger partial charge on any atom is -0.478 e. The monoisotopic (exact) mass is 374 g/mol. The predicted molar refractivity (Wildman–Crippen MR) is 76.1 cm³/mol. The number of carboxylic acids is 1. The molecular weight excluding hydrogens is 367 g/mol. The standard InChI is InChI=1S/C12H8BrFN2O4S/c13-8-6-7(12(17)18)4-5-9(8)21(19,20)16-11-3-1-2-10(14)15-11/h1-6H,(H,15,16)(H,17,18). The summed E-state index contributed by atoms with van der Waals surface area (Å²) in [7, 11) is -4.02. The first-order valence-corrected chi connectivity index (χ1v) is 7.75. The second-order valence-corrected chi connectivity index (χ2v) is 6.41. The van der Waals surface area contributed by atoms with Gasteiger partial charge in [0.05, 0.1) is 5.56 Å². The second-order valence-electron chi connectivity index (χ2n) is 3.90. The van der Waals surface area contributed by atoms with E-state index in [0.29, 0.717) is 0 Å². The van der Waals surface area contributed by atoms with Gasteiger partial charge in [0.1, 0.15) is 10.7 Å². The van der Waals surface area contributed by atoms with Crippen molar-refractivity contribution in [3.63, 3.8) is 0 Å². The van der Waals surface area contributed by atoms with Crippen LogP contribution in [0.4, 0.5) is 10.2 Å². The van der Waals surface area contributed by atoms with E-state index in [0.717, 1.165) is 24.3 Å². The van der Waals surface area contributed by atoms with Gasteiger partial charge < -0.3 is 5.11 Å². The number of nitrogens with zero attached hydrogens (tertiary/aromatic N) is 1. The highest BCUT2D eigenvalue weighted by Gasteiger charge is 2.19. The van der Waals surface area contributed by atoms with E-state index >= 15 is 0 Å². The highest BCUT2D eigenvalue weighted by molar-refractivity contribution is 9.10. The molecule has 2 rings (SSSR count). The van der Waals surface area contributed by atoms with E-state index in [-0.39, 0.29) is 20.7 Å². The third-order valence-electron chi connectivity index (χ3n) is 2.42. The Labute approximate surface area is 127 Å².